The molecule has 1 rings (SSSR count). The SMILES string of the molecule is CCCC(CNC(=O)c1ccc(=O)[nH]c1)C(=O)O. The number of aromatic amines is 1. The van der Waals surface area contributed by atoms with E-state index in [1.807, 2.05) is 6.92 Å². The molecular formula is C12H16N2O4. The molecule has 0 aromatic carbocycles. The van der Waals surface area contributed by atoms with E-state index in [-0.39, 0.29) is 12.1 Å². The van der Waals surface area contributed by atoms with E-state index in [4.69, 9.17) is 5.11 Å². The first-order valence-corrected chi connectivity index (χ1v) is 5.74. The quantitative estimate of drug-likeness (QED) is 0.690. The van der Waals surface area contributed by atoms with Gasteiger partial charge in [0.05, 0.1) is 11.5 Å². The fraction of sp³-hybridized carbons (Fsp3) is 0.417. The van der Waals surface area contributed by atoms with Crippen molar-refractivity contribution in [2.45, 2.75) is 19.8 Å². The number of pyridine rings is 1. The lowest BCUT2D eigenvalue weighted by Crippen LogP contribution is -2.33. The third-order valence-electron chi connectivity index (χ3n) is 2.54. The Bertz CT molecular complexity index is 461. The molecule has 0 aliphatic rings. The highest BCUT2D eigenvalue weighted by molar-refractivity contribution is 5.94. The molecule has 6 nitrogen and oxygen atoms in total. The van der Waals surface area contributed by atoms with Crippen LogP contribution < -0.4 is 10.9 Å². The maximum atomic E-state index is 11.7. The van der Waals surface area contributed by atoms with Gasteiger partial charge in [0.15, 0.2) is 0 Å². The van der Waals surface area contributed by atoms with Crippen molar-refractivity contribution in [1.29, 1.82) is 0 Å². The molecule has 1 heterocycles. The molecule has 0 saturated carbocycles. The summed E-state index contributed by atoms with van der Waals surface area (Å²) in [5.74, 6) is -1.89. The second-order valence-electron chi connectivity index (χ2n) is 3.98. The Balaban J connectivity index is 2.57. The zero-order chi connectivity index (χ0) is 13.5. The summed E-state index contributed by atoms with van der Waals surface area (Å²) in [4.78, 5) is 35.7. The van der Waals surface area contributed by atoms with Gasteiger partial charge in [0.2, 0.25) is 5.56 Å². The summed E-state index contributed by atoms with van der Waals surface area (Å²) in [6.45, 7) is 1.97. The van der Waals surface area contributed by atoms with Crippen LogP contribution in [0.5, 0.6) is 0 Å². The van der Waals surface area contributed by atoms with Gasteiger partial charge in [0.25, 0.3) is 5.91 Å². The number of aliphatic carboxylic acids is 1. The first-order valence-electron chi connectivity index (χ1n) is 5.74. The molecule has 0 aliphatic heterocycles. The molecule has 0 fully saturated rings. The molecule has 0 aliphatic carbocycles. The van der Waals surface area contributed by atoms with E-state index in [9.17, 15) is 14.4 Å². The van der Waals surface area contributed by atoms with Crippen molar-refractivity contribution in [3.05, 3.63) is 34.2 Å². The number of carbonyl (C=O) groups excluding carboxylic acids is 1. The lowest BCUT2D eigenvalue weighted by molar-refractivity contribution is -0.141. The minimum absolute atomic E-state index is 0.0845. The van der Waals surface area contributed by atoms with Gasteiger partial charge in [-0.1, -0.05) is 13.3 Å². The summed E-state index contributed by atoms with van der Waals surface area (Å²) in [6, 6.07) is 2.64. The summed E-state index contributed by atoms with van der Waals surface area (Å²) >= 11 is 0. The van der Waals surface area contributed by atoms with Crippen LogP contribution in [0.4, 0.5) is 0 Å². The molecule has 6 heteroatoms. The van der Waals surface area contributed by atoms with Gasteiger partial charge in [-0.3, -0.25) is 14.4 Å². The summed E-state index contributed by atoms with van der Waals surface area (Å²) in [6.07, 6.45) is 2.56. The Morgan fingerprint density at radius 1 is 1.44 bits per heavy atom. The number of rotatable bonds is 6. The highest BCUT2D eigenvalue weighted by atomic mass is 16.4. The third-order valence-corrected chi connectivity index (χ3v) is 2.54. The van der Waals surface area contributed by atoms with Gasteiger partial charge in [-0.05, 0) is 12.5 Å². The summed E-state index contributed by atoms with van der Waals surface area (Å²) in [5, 5.41) is 11.5. The van der Waals surface area contributed by atoms with Crippen molar-refractivity contribution in [3.8, 4) is 0 Å². The molecule has 1 unspecified atom stereocenters. The maximum absolute atomic E-state index is 11.7. The zero-order valence-corrected chi connectivity index (χ0v) is 10.1. The number of carboxylic acid groups (broad SMARTS) is 1. The Morgan fingerprint density at radius 2 is 2.17 bits per heavy atom. The number of amides is 1. The van der Waals surface area contributed by atoms with Crippen molar-refractivity contribution in [1.82, 2.24) is 10.3 Å². The third kappa shape index (κ3) is 4.04. The average Bonchev–Trinajstić information content (AvgIpc) is 2.34. The number of hydrogen-bond donors (Lipinski definition) is 3. The lowest BCUT2D eigenvalue weighted by Gasteiger charge is -2.12. The van der Waals surface area contributed by atoms with Crippen LogP contribution in [0.3, 0.4) is 0 Å². The largest absolute Gasteiger partial charge is 0.481 e. The van der Waals surface area contributed by atoms with Crippen LogP contribution in [0.15, 0.2) is 23.1 Å². The second-order valence-corrected chi connectivity index (χ2v) is 3.98. The maximum Gasteiger partial charge on any atom is 0.308 e. The predicted octanol–water partition coefficient (Wildman–Crippen LogP) is 0.606. The molecule has 98 valence electrons. The fourth-order valence-corrected chi connectivity index (χ4v) is 1.53. The van der Waals surface area contributed by atoms with Crippen LogP contribution in [0.25, 0.3) is 0 Å². The molecule has 18 heavy (non-hydrogen) atoms. The first kappa shape index (κ1) is 14.0. The lowest BCUT2D eigenvalue weighted by atomic mass is 10.0. The highest BCUT2D eigenvalue weighted by Gasteiger charge is 2.17. The molecule has 0 saturated heterocycles. The predicted molar refractivity (Wildman–Crippen MR) is 65.4 cm³/mol. The van der Waals surface area contributed by atoms with Crippen LogP contribution in [-0.4, -0.2) is 28.5 Å². The number of nitrogens with one attached hydrogen (secondary N) is 2. The number of carbonyl (C=O) groups is 2. The number of H-pyrrole nitrogens is 1. The normalized spacial score (nSPS) is 11.8. The zero-order valence-electron chi connectivity index (χ0n) is 10.1. The molecule has 1 amide bonds. The van der Waals surface area contributed by atoms with Crippen LogP contribution >= 0.6 is 0 Å². The van der Waals surface area contributed by atoms with Crippen molar-refractivity contribution in [2.75, 3.05) is 6.54 Å². The van der Waals surface area contributed by atoms with Gasteiger partial charge >= 0.3 is 5.97 Å². The molecule has 1 aromatic heterocycles. The number of carboxylic acids is 1. The van der Waals surface area contributed by atoms with Gasteiger partial charge in [-0.25, -0.2) is 0 Å². The summed E-state index contributed by atoms with van der Waals surface area (Å²) in [5.41, 5.74) is 0.0104. The minimum Gasteiger partial charge on any atom is -0.481 e. The number of aromatic nitrogens is 1. The van der Waals surface area contributed by atoms with E-state index in [2.05, 4.69) is 10.3 Å². The topological polar surface area (TPSA) is 99.3 Å². The fourth-order valence-electron chi connectivity index (χ4n) is 1.53. The molecule has 0 spiro atoms. The van der Waals surface area contributed by atoms with Gasteiger partial charge < -0.3 is 15.4 Å². The van der Waals surface area contributed by atoms with Crippen molar-refractivity contribution < 1.29 is 14.7 Å². The van der Waals surface area contributed by atoms with Crippen LogP contribution in [0.1, 0.15) is 30.1 Å². The van der Waals surface area contributed by atoms with E-state index >= 15 is 0 Å². The summed E-state index contributed by atoms with van der Waals surface area (Å²) < 4.78 is 0. The Hall–Kier alpha value is -2.11. The van der Waals surface area contributed by atoms with Gasteiger partial charge in [0, 0.05) is 18.8 Å². The Kier molecular flexibility index (Phi) is 5.10. The van der Waals surface area contributed by atoms with E-state index in [1.54, 1.807) is 0 Å². The molecular weight excluding hydrogens is 236 g/mol. The van der Waals surface area contributed by atoms with Gasteiger partial charge in [0.1, 0.15) is 0 Å². The van der Waals surface area contributed by atoms with Crippen LogP contribution in [-0.2, 0) is 4.79 Å². The van der Waals surface area contributed by atoms with Crippen LogP contribution in [0.2, 0.25) is 0 Å². The smallest absolute Gasteiger partial charge is 0.308 e. The van der Waals surface area contributed by atoms with E-state index in [1.165, 1.54) is 18.3 Å². The number of hydrogen-bond acceptors (Lipinski definition) is 3. The highest BCUT2D eigenvalue weighted by Crippen LogP contribution is 2.05. The van der Waals surface area contributed by atoms with E-state index in [0.29, 0.717) is 12.0 Å². The van der Waals surface area contributed by atoms with Crippen molar-refractivity contribution in [2.24, 2.45) is 5.92 Å². The molecule has 1 aromatic rings. The van der Waals surface area contributed by atoms with Crippen molar-refractivity contribution >= 4 is 11.9 Å². The molecule has 0 radical (unpaired) electrons. The van der Waals surface area contributed by atoms with Gasteiger partial charge in [-0.2, -0.15) is 0 Å². The Morgan fingerprint density at radius 3 is 2.67 bits per heavy atom. The molecule has 1 atom stereocenters. The van der Waals surface area contributed by atoms with Crippen LogP contribution in [0, 0.1) is 5.92 Å². The standard InChI is InChI=1S/C12H16N2O4/c1-2-3-9(12(17)18)7-14-11(16)8-4-5-10(15)13-6-8/h4-6,9H,2-3,7H2,1H3,(H,13,15)(H,14,16)(H,17,18). The minimum atomic E-state index is -0.918. The first-order chi connectivity index (χ1) is 8.54. The monoisotopic (exact) mass is 252 g/mol. The molecule has 0 bridgehead atoms. The molecule has 3 N–H and O–H groups in total. The van der Waals surface area contributed by atoms with E-state index in [0.717, 1.165) is 6.42 Å². The van der Waals surface area contributed by atoms with E-state index < -0.39 is 17.8 Å². The Labute approximate surface area is 104 Å². The second kappa shape index (κ2) is 6.58. The van der Waals surface area contributed by atoms with Gasteiger partial charge in [-0.15, -0.1) is 0 Å². The average molecular weight is 252 g/mol. The van der Waals surface area contributed by atoms with Crippen molar-refractivity contribution in [3.63, 3.8) is 0 Å². The summed E-state index contributed by atoms with van der Waals surface area (Å²) in [7, 11) is 0.